The Hall–Kier alpha value is -2.94. The van der Waals surface area contributed by atoms with Gasteiger partial charge >= 0.3 is 0 Å². The van der Waals surface area contributed by atoms with Gasteiger partial charge in [-0.15, -0.1) is 0 Å². The van der Waals surface area contributed by atoms with Crippen molar-refractivity contribution in [3.63, 3.8) is 0 Å². The van der Waals surface area contributed by atoms with Crippen molar-refractivity contribution in [2.75, 3.05) is 0 Å². The molecule has 0 N–H and O–H groups in total. The van der Waals surface area contributed by atoms with Crippen molar-refractivity contribution in [2.24, 2.45) is 0 Å². The zero-order valence-electron chi connectivity index (χ0n) is 12.2. The van der Waals surface area contributed by atoms with Crippen molar-refractivity contribution in [3.8, 4) is 22.7 Å². The highest BCUT2D eigenvalue weighted by Gasteiger charge is 2.11. The first-order chi connectivity index (χ1) is 10.8. The van der Waals surface area contributed by atoms with Crippen molar-refractivity contribution >= 4 is 10.8 Å². The van der Waals surface area contributed by atoms with Crippen LogP contribution in [0.15, 0.2) is 71.6 Å². The Balaban J connectivity index is 1.78. The predicted molar refractivity (Wildman–Crippen MR) is 87.4 cm³/mol. The van der Waals surface area contributed by atoms with Gasteiger partial charge in [-0.3, -0.25) is 4.98 Å². The van der Waals surface area contributed by atoms with Crippen LogP contribution in [0.1, 0.15) is 5.56 Å². The molecule has 106 valence electrons. The number of oxazole rings is 1. The van der Waals surface area contributed by atoms with E-state index in [2.05, 4.69) is 40.3 Å². The Labute approximate surface area is 128 Å². The molecule has 0 unspecified atom stereocenters. The molecule has 0 radical (unpaired) electrons. The number of benzene rings is 2. The first-order valence-electron chi connectivity index (χ1n) is 7.17. The van der Waals surface area contributed by atoms with Crippen molar-refractivity contribution in [1.82, 2.24) is 9.97 Å². The lowest BCUT2D eigenvalue weighted by atomic mass is 10.1. The van der Waals surface area contributed by atoms with Gasteiger partial charge in [0.25, 0.3) is 0 Å². The summed E-state index contributed by atoms with van der Waals surface area (Å²) in [6.45, 7) is 2.02. The highest BCUT2D eigenvalue weighted by molar-refractivity contribution is 5.86. The van der Waals surface area contributed by atoms with Gasteiger partial charge in [0.1, 0.15) is 12.0 Å². The normalized spacial score (nSPS) is 11.0. The lowest BCUT2D eigenvalue weighted by Gasteiger charge is -2.00. The van der Waals surface area contributed by atoms with Crippen LogP contribution in [0.5, 0.6) is 0 Å². The number of pyridine rings is 1. The van der Waals surface area contributed by atoms with Crippen LogP contribution in [0, 0.1) is 6.92 Å². The van der Waals surface area contributed by atoms with E-state index in [1.165, 1.54) is 10.8 Å². The molecule has 0 aliphatic rings. The summed E-state index contributed by atoms with van der Waals surface area (Å²) in [6, 6.07) is 16.6. The number of hydrogen-bond acceptors (Lipinski definition) is 3. The standard InChI is InChI=1S/C19H14N2O/c1-13-8-9-20-11-17(13)19-21-18(12-22-19)16-7-6-14-4-2-3-5-15(14)10-16/h2-12H,1H3. The number of aryl methyl sites for hydroxylation is 1. The molecule has 0 fully saturated rings. The molecule has 4 rings (SSSR count). The van der Waals surface area contributed by atoms with Crippen molar-refractivity contribution in [1.29, 1.82) is 0 Å². The monoisotopic (exact) mass is 286 g/mol. The van der Waals surface area contributed by atoms with E-state index in [1.54, 1.807) is 18.7 Å². The Bertz CT molecular complexity index is 956. The van der Waals surface area contributed by atoms with Crippen molar-refractivity contribution in [2.45, 2.75) is 6.92 Å². The highest BCUT2D eigenvalue weighted by atomic mass is 16.3. The summed E-state index contributed by atoms with van der Waals surface area (Å²) in [5.74, 6) is 0.605. The third kappa shape index (κ3) is 2.17. The molecule has 3 heteroatoms. The summed E-state index contributed by atoms with van der Waals surface area (Å²) < 4.78 is 5.65. The Kier molecular flexibility index (Phi) is 2.97. The van der Waals surface area contributed by atoms with Crippen LogP contribution in [-0.2, 0) is 0 Å². The van der Waals surface area contributed by atoms with Gasteiger partial charge in [-0.1, -0.05) is 36.4 Å². The summed E-state index contributed by atoms with van der Waals surface area (Å²) in [5.41, 5.74) is 3.91. The third-order valence-electron chi connectivity index (χ3n) is 3.82. The van der Waals surface area contributed by atoms with E-state index in [4.69, 9.17) is 4.42 Å². The Morgan fingerprint density at radius 1 is 0.955 bits per heavy atom. The zero-order chi connectivity index (χ0) is 14.9. The van der Waals surface area contributed by atoms with E-state index in [9.17, 15) is 0 Å². The fourth-order valence-electron chi connectivity index (χ4n) is 2.57. The molecule has 0 bridgehead atoms. The van der Waals surface area contributed by atoms with Gasteiger partial charge in [0.15, 0.2) is 0 Å². The second-order valence-corrected chi connectivity index (χ2v) is 5.29. The lowest BCUT2D eigenvalue weighted by Crippen LogP contribution is -1.85. The van der Waals surface area contributed by atoms with E-state index < -0.39 is 0 Å². The van der Waals surface area contributed by atoms with Crippen LogP contribution in [0.25, 0.3) is 33.5 Å². The van der Waals surface area contributed by atoms with Gasteiger partial charge in [-0.05, 0) is 35.4 Å². The Morgan fingerprint density at radius 3 is 2.68 bits per heavy atom. The minimum Gasteiger partial charge on any atom is -0.444 e. The number of hydrogen-bond donors (Lipinski definition) is 0. The van der Waals surface area contributed by atoms with Crippen LogP contribution in [0.4, 0.5) is 0 Å². The summed E-state index contributed by atoms with van der Waals surface area (Å²) in [5, 5.41) is 2.42. The molecule has 0 aliphatic heterocycles. The SMILES string of the molecule is Cc1ccncc1-c1nc(-c2ccc3ccccc3c2)co1. The maximum Gasteiger partial charge on any atom is 0.228 e. The van der Waals surface area contributed by atoms with E-state index in [-0.39, 0.29) is 0 Å². The summed E-state index contributed by atoms with van der Waals surface area (Å²) >= 11 is 0. The molecule has 3 nitrogen and oxygen atoms in total. The molecule has 0 saturated heterocycles. The highest BCUT2D eigenvalue weighted by Crippen LogP contribution is 2.28. The molecule has 0 amide bonds. The quantitative estimate of drug-likeness (QED) is 0.528. The number of aromatic nitrogens is 2. The molecule has 0 atom stereocenters. The molecule has 22 heavy (non-hydrogen) atoms. The summed E-state index contributed by atoms with van der Waals surface area (Å²) in [6.07, 6.45) is 5.25. The molecule has 4 aromatic rings. The maximum atomic E-state index is 5.65. The predicted octanol–water partition coefficient (Wildman–Crippen LogP) is 4.87. The lowest BCUT2D eigenvalue weighted by molar-refractivity contribution is 0.574. The van der Waals surface area contributed by atoms with Crippen LogP contribution < -0.4 is 0 Å². The van der Waals surface area contributed by atoms with E-state index >= 15 is 0 Å². The van der Waals surface area contributed by atoms with Gasteiger partial charge in [-0.25, -0.2) is 4.98 Å². The molecule has 2 heterocycles. The van der Waals surface area contributed by atoms with Crippen LogP contribution in [0.2, 0.25) is 0 Å². The molecular formula is C19H14N2O. The summed E-state index contributed by atoms with van der Waals surface area (Å²) in [4.78, 5) is 8.76. The average Bonchev–Trinajstić information content (AvgIpc) is 3.04. The molecule has 0 spiro atoms. The minimum atomic E-state index is 0.605. The second-order valence-electron chi connectivity index (χ2n) is 5.29. The Morgan fingerprint density at radius 2 is 1.82 bits per heavy atom. The van der Waals surface area contributed by atoms with Gasteiger partial charge in [-0.2, -0.15) is 0 Å². The number of fused-ring (bicyclic) bond motifs is 1. The van der Waals surface area contributed by atoms with Crippen LogP contribution >= 0.6 is 0 Å². The molecule has 2 aromatic heterocycles. The van der Waals surface area contributed by atoms with Crippen LogP contribution in [0.3, 0.4) is 0 Å². The number of nitrogens with zero attached hydrogens (tertiary/aromatic N) is 2. The molecular weight excluding hydrogens is 272 g/mol. The van der Waals surface area contributed by atoms with Gasteiger partial charge in [0.05, 0.1) is 5.56 Å². The third-order valence-corrected chi connectivity index (χ3v) is 3.82. The fraction of sp³-hybridized carbons (Fsp3) is 0.0526. The first-order valence-corrected chi connectivity index (χ1v) is 7.17. The van der Waals surface area contributed by atoms with Crippen molar-refractivity contribution < 1.29 is 4.42 Å². The second kappa shape index (κ2) is 5.11. The van der Waals surface area contributed by atoms with Crippen LogP contribution in [-0.4, -0.2) is 9.97 Å². The molecule has 0 aliphatic carbocycles. The average molecular weight is 286 g/mol. The first kappa shape index (κ1) is 12.8. The van der Waals surface area contributed by atoms with Crippen molar-refractivity contribution in [3.05, 3.63) is 72.8 Å². The van der Waals surface area contributed by atoms with E-state index in [0.29, 0.717) is 5.89 Å². The molecule has 0 saturated carbocycles. The van der Waals surface area contributed by atoms with E-state index in [0.717, 1.165) is 22.4 Å². The van der Waals surface area contributed by atoms with E-state index in [1.807, 2.05) is 25.1 Å². The van der Waals surface area contributed by atoms with Gasteiger partial charge < -0.3 is 4.42 Å². The largest absolute Gasteiger partial charge is 0.444 e. The smallest absolute Gasteiger partial charge is 0.228 e. The number of rotatable bonds is 2. The molecule has 2 aromatic carbocycles. The topological polar surface area (TPSA) is 38.9 Å². The van der Waals surface area contributed by atoms with Gasteiger partial charge in [0.2, 0.25) is 5.89 Å². The maximum absolute atomic E-state index is 5.65. The minimum absolute atomic E-state index is 0.605. The summed E-state index contributed by atoms with van der Waals surface area (Å²) in [7, 11) is 0. The zero-order valence-corrected chi connectivity index (χ0v) is 12.2. The fourth-order valence-corrected chi connectivity index (χ4v) is 2.57. The van der Waals surface area contributed by atoms with Gasteiger partial charge in [0, 0.05) is 18.0 Å².